The third kappa shape index (κ3) is 1.32. The summed E-state index contributed by atoms with van der Waals surface area (Å²) in [5.74, 6) is 0.796. The second kappa shape index (κ2) is 3.32. The molecule has 2 aliphatic heterocycles. The summed E-state index contributed by atoms with van der Waals surface area (Å²) in [7, 11) is 2.24. The number of benzene rings is 1. The van der Waals surface area contributed by atoms with Gasteiger partial charge in [-0.2, -0.15) is 0 Å². The third-order valence-corrected chi connectivity index (χ3v) is 4.05. The molecule has 2 fully saturated rings. The van der Waals surface area contributed by atoms with Crippen molar-refractivity contribution in [3.05, 3.63) is 35.9 Å². The molecule has 3 rings (SSSR count). The second-order valence-corrected chi connectivity index (χ2v) is 5.05. The molecule has 15 heavy (non-hydrogen) atoms. The number of nitrogens with zero attached hydrogens (tertiary/aromatic N) is 1. The zero-order valence-electron chi connectivity index (χ0n) is 9.24. The SMILES string of the molecule is CN1C[C@@H]2CNC[C@]2(c2ccccc2)C1. The van der Waals surface area contributed by atoms with Crippen molar-refractivity contribution < 1.29 is 0 Å². The summed E-state index contributed by atoms with van der Waals surface area (Å²) < 4.78 is 0. The van der Waals surface area contributed by atoms with Gasteiger partial charge < -0.3 is 10.2 Å². The predicted octanol–water partition coefficient (Wildman–Crippen LogP) is 1.09. The summed E-state index contributed by atoms with van der Waals surface area (Å²) in [4.78, 5) is 2.47. The number of nitrogens with one attached hydrogen (secondary N) is 1. The first-order valence-corrected chi connectivity index (χ1v) is 5.76. The summed E-state index contributed by atoms with van der Waals surface area (Å²) in [6, 6.07) is 11.0. The Morgan fingerprint density at radius 2 is 2.13 bits per heavy atom. The van der Waals surface area contributed by atoms with E-state index in [1.54, 1.807) is 0 Å². The number of likely N-dealkylation sites (N-methyl/N-ethyl adjacent to an activating group) is 1. The number of hydrogen-bond donors (Lipinski definition) is 1. The van der Waals surface area contributed by atoms with Crippen LogP contribution in [0.2, 0.25) is 0 Å². The molecule has 0 saturated carbocycles. The lowest BCUT2D eigenvalue weighted by atomic mass is 9.75. The van der Waals surface area contributed by atoms with Crippen molar-refractivity contribution in [2.45, 2.75) is 5.41 Å². The molecular formula is C13H18N2. The van der Waals surface area contributed by atoms with Crippen LogP contribution < -0.4 is 5.32 Å². The van der Waals surface area contributed by atoms with Gasteiger partial charge in [0.25, 0.3) is 0 Å². The molecule has 80 valence electrons. The maximum Gasteiger partial charge on any atom is 0.0257 e. The van der Waals surface area contributed by atoms with Crippen LogP contribution >= 0.6 is 0 Å². The molecule has 2 aliphatic rings. The van der Waals surface area contributed by atoms with Crippen molar-refractivity contribution in [3.8, 4) is 0 Å². The van der Waals surface area contributed by atoms with E-state index in [9.17, 15) is 0 Å². The van der Waals surface area contributed by atoms with E-state index in [0.717, 1.165) is 12.5 Å². The summed E-state index contributed by atoms with van der Waals surface area (Å²) >= 11 is 0. The molecule has 1 aromatic rings. The lowest BCUT2D eigenvalue weighted by Crippen LogP contribution is -2.36. The molecule has 0 radical (unpaired) electrons. The highest BCUT2D eigenvalue weighted by Crippen LogP contribution is 2.40. The number of rotatable bonds is 1. The molecule has 2 nitrogen and oxygen atoms in total. The first-order chi connectivity index (χ1) is 7.31. The van der Waals surface area contributed by atoms with Crippen molar-refractivity contribution in [1.82, 2.24) is 10.2 Å². The Balaban J connectivity index is 2.02. The molecule has 2 heteroatoms. The minimum atomic E-state index is 0.385. The predicted molar refractivity (Wildman–Crippen MR) is 62.0 cm³/mol. The minimum absolute atomic E-state index is 0.385. The van der Waals surface area contributed by atoms with Crippen LogP contribution in [-0.2, 0) is 5.41 Å². The average molecular weight is 202 g/mol. The van der Waals surface area contributed by atoms with Crippen molar-refractivity contribution in [2.24, 2.45) is 5.92 Å². The highest BCUT2D eigenvalue weighted by atomic mass is 15.2. The normalized spacial score (nSPS) is 35.7. The minimum Gasteiger partial charge on any atom is -0.315 e. The fourth-order valence-electron chi connectivity index (χ4n) is 3.36. The van der Waals surface area contributed by atoms with Gasteiger partial charge in [-0.05, 0) is 18.5 Å². The Morgan fingerprint density at radius 1 is 1.33 bits per heavy atom. The zero-order chi connectivity index (χ0) is 10.3. The van der Waals surface area contributed by atoms with E-state index in [1.807, 2.05) is 0 Å². The first kappa shape index (κ1) is 9.37. The van der Waals surface area contributed by atoms with Gasteiger partial charge in [-0.25, -0.2) is 0 Å². The second-order valence-electron chi connectivity index (χ2n) is 5.05. The molecule has 0 bridgehead atoms. The summed E-state index contributed by atoms with van der Waals surface area (Å²) in [6.07, 6.45) is 0. The number of fused-ring (bicyclic) bond motifs is 1. The van der Waals surface area contributed by atoms with Gasteiger partial charge in [0.2, 0.25) is 0 Å². The molecule has 0 aliphatic carbocycles. The third-order valence-electron chi connectivity index (χ3n) is 4.05. The molecule has 0 aromatic heterocycles. The Labute approximate surface area is 91.3 Å². The molecule has 2 heterocycles. The van der Waals surface area contributed by atoms with E-state index in [1.165, 1.54) is 25.2 Å². The molecule has 0 unspecified atom stereocenters. The molecule has 0 amide bonds. The van der Waals surface area contributed by atoms with Crippen LogP contribution in [0.5, 0.6) is 0 Å². The van der Waals surface area contributed by atoms with E-state index >= 15 is 0 Å². The summed E-state index contributed by atoms with van der Waals surface area (Å²) in [5.41, 5.74) is 1.90. The smallest absolute Gasteiger partial charge is 0.0257 e. The summed E-state index contributed by atoms with van der Waals surface area (Å²) in [6.45, 7) is 4.77. The Morgan fingerprint density at radius 3 is 2.93 bits per heavy atom. The van der Waals surface area contributed by atoms with E-state index in [-0.39, 0.29) is 0 Å². The van der Waals surface area contributed by atoms with Crippen LogP contribution in [0, 0.1) is 5.92 Å². The standard InChI is InChI=1S/C13H18N2/c1-15-8-12-7-14-9-13(12,10-15)11-5-3-2-4-6-11/h2-6,12,14H,7-10H2,1H3/t12-,13+/m0/s1. The lowest BCUT2D eigenvalue weighted by molar-refractivity contribution is 0.367. The topological polar surface area (TPSA) is 15.3 Å². The maximum atomic E-state index is 3.56. The van der Waals surface area contributed by atoms with Crippen LogP contribution in [0.25, 0.3) is 0 Å². The van der Waals surface area contributed by atoms with E-state index in [0.29, 0.717) is 5.41 Å². The van der Waals surface area contributed by atoms with Gasteiger partial charge in [-0.15, -0.1) is 0 Å². The van der Waals surface area contributed by atoms with Gasteiger partial charge >= 0.3 is 0 Å². The van der Waals surface area contributed by atoms with Crippen LogP contribution in [0.4, 0.5) is 0 Å². The fraction of sp³-hybridized carbons (Fsp3) is 0.538. The fourth-order valence-corrected chi connectivity index (χ4v) is 3.36. The van der Waals surface area contributed by atoms with Crippen molar-refractivity contribution >= 4 is 0 Å². The molecule has 1 N–H and O–H groups in total. The van der Waals surface area contributed by atoms with Gasteiger partial charge in [-0.1, -0.05) is 30.3 Å². The van der Waals surface area contributed by atoms with E-state index in [4.69, 9.17) is 0 Å². The largest absolute Gasteiger partial charge is 0.315 e. The van der Waals surface area contributed by atoms with Crippen LogP contribution in [0.3, 0.4) is 0 Å². The van der Waals surface area contributed by atoms with E-state index in [2.05, 4.69) is 47.6 Å². The zero-order valence-corrected chi connectivity index (χ0v) is 9.24. The molecule has 2 saturated heterocycles. The molecule has 2 atom stereocenters. The highest BCUT2D eigenvalue weighted by molar-refractivity contribution is 5.31. The van der Waals surface area contributed by atoms with Gasteiger partial charge in [0.05, 0.1) is 0 Å². The molecule has 1 aromatic carbocycles. The summed E-state index contributed by atoms with van der Waals surface area (Å²) in [5, 5.41) is 3.56. The van der Waals surface area contributed by atoms with Crippen LogP contribution in [0.15, 0.2) is 30.3 Å². The van der Waals surface area contributed by atoms with Crippen molar-refractivity contribution in [3.63, 3.8) is 0 Å². The van der Waals surface area contributed by atoms with Gasteiger partial charge in [-0.3, -0.25) is 0 Å². The molecular weight excluding hydrogens is 184 g/mol. The van der Waals surface area contributed by atoms with Crippen molar-refractivity contribution in [2.75, 3.05) is 33.2 Å². The Bertz CT molecular complexity index is 349. The maximum absolute atomic E-state index is 3.56. The van der Waals surface area contributed by atoms with E-state index < -0.39 is 0 Å². The lowest BCUT2D eigenvalue weighted by Gasteiger charge is -2.28. The quantitative estimate of drug-likeness (QED) is 0.733. The Kier molecular flexibility index (Phi) is 2.08. The van der Waals surface area contributed by atoms with Gasteiger partial charge in [0, 0.05) is 31.6 Å². The number of likely N-dealkylation sites (tertiary alicyclic amines) is 1. The van der Waals surface area contributed by atoms with Gasteiger partial charge in [0.15, 0.2) is 0 Å². The number of hydrogen-bond acceptors (Lipinski definition) is 2. The first-order valence-electron chi connectivity index (χ1n) is 5.76. The highest BCUT2D eigenvalue weighted by Gasteiger charge is 2.49. The monoisotopic (exact) mass is 202 g/mol. The Hall–Kier alpha value is -0.860. The average Bonchev–Trinajstić information content (AvgIpc) is 2.75. The van der Waals surface area contributed by atoms with Crippen LogP contribution in [0.1, 0.15) is 5.56 Å². The van der Waals surface area contributed by atoms with Gasteiger partial charge in [0.1, 0.15) is 0 Å². The van der Waals surface area contributed by atoms with Crippen molar-refractivity contribution in [1.29, 1.82) is 0 Å². The molecule has 0 spiro atoms. The van der Waals surface area contributed by atoms with Crippen LogP contribution in [-0.4, -0.2) is 38.1 Å².